The summed E-state index contributed by atoms with van der Waals surface area (Å²) in [6, 6.07) is 0. The maximum atomic E-state index is 13.0. The smallest absolute Gasteiger partial charge is 0.158 e. The molecule has 0 amide bonds. The van der Waals surface area contributed by atoms with Crippen molar-refractivity contribution in [2.75, 3.05) is 43.9 Å². The fraction of sp³-hybridized carbons (Fsp3) is 0.542. The van der Waals surface area contributed by atoms with E-state index >= 15 is 0 Å². The van der Waals surface area contributed by atoms with E-state index < -0.39 is 11.0 Å². The number of rotatable bonds is 10. The molecule has 2 aliphatic heterocycles. The Labute approximate surface area is 216 Å². The van der Waals surface area contributed by atoms with Crippen LogP contribution >= 0.6 is 36.2 Å². The van der Waals surface area contributed by atoms with Crippen LogP contribution in [0, 0.1) is 5.92 Å². The Hall–Kier alpha value is -0.870. The minimum absolute atomic E-state index is 0.0312. The molecule has 2 unspecified atom stereocenters. The SMILES string of the molecule is C/C=C\C(=C(\N)C(C)/C=C(C)/C(C)=N/C=C(\S)CN1CCSCC1)N(C)S(=O)C1=CCCS1. The van der Waals surface area contributed by atoms with Gasteiger partial charge in [-0.25, -0.2) is 4.21 Å². The van der Waals surface area contributed by atoms with Crippen LogP contribution in [-0.4, -0.2) is 63.1 Å². The molecule has 0 aromatic rings. The molecule has 5 nitrogen and oxygen atoms in total. The first-order valence-electron chi connectivity index (χ1n) is 11.3. The van der Waals surface area contributed by atoms with E-state index in [-0.39, 0.29) is 5.92 Å². The number of thioether (sulfide) groups is 2. The number of hydrogen-bond acceptors (Lipinski definition) is 7. The van der Waals surface area contributed by atoms with Crippen molar-refractivity contribution in [2.24, 2.45) is 16.6 Å². The van der Waals surface area contributed by atoms with E-state index in [9.17, 15) is 4.21 Å². The highest BCUT2D eigenvalue weighted by molar-refractivity contribution is 8.16. The van der Waals surface area contributed by atoms with Crippen LogP contribution < -0.4 is 5.73 Å². The summed E-state index contributed by atoms with van der Waals surface area (Å²) in [5.74, 6) is 3.33. The molecule has 9 heteroatoms. The number of likely N-dealkylation sites (N-methyl/N-ethyl adjacent to an activating group) is 1. The Balaban J connectivity index is 2.13. The van der Waals surface area contributed by atoms with Gasteiger partial charge in [-0.2, -0.15) is 11.8 Å². The number of hydrogen-bond donors (Lipinski definition) is 2. The van der Waals surface area contributed by atoms with Gasteiger partial charge in [-0.1, -0.05) is 25.2 Å². The van der Waals surface area contributed by atoms with E-state index in [4.69, 9.17) is 5.73 Å². The average molecular weight is 527 g/mol. The third-order valence-electron chi connectivity index (χ3n) is 5.51. The lowest BCUT2D eigenvalue weighted by Gasteiger charge is -2.25. The summed E-state index contributed by atoms with van der Waals surface area (Å²) in [5, 5.41) is 0. The Morgan fingerprint density at radius 1 is 1.36 bits per heavy atom. The molecule has 0 aromatic heterocycles. The van der Waals surface area contributed by atoms with Crippen LogP contribution in [0.4, 0.5) is 0 Å². The lowest BCUT2D eigenvalue weighted by atomic mass is 10.0. The van der Waals surface area contributed by atoms with Gasteiger partial charge in [-0.3, -0.25) is 14.2 Å². The average Bonchev–Trinajstić information content (AvgIpc) is 3.35. The Bertz CT molecular complexity index is 883. The first-order chi connectivity index (χ1) is 15.7. The van der Waals surface area contributed by atoms with Crippen molar-refractivity contribution < 1.29 is 4.21 Å². The van der Waals surface area contributed by atoms with Crippen molar-refractivity contribution in [1.82, 2.24) is 9.21 Å². The van der Waals surface area contributed by atoms with Crippen LogP contribution in [0.2, 0.25) is 0 Å². The third-order valence-corrected chi connectivity index (χ3v) is 9.59. The zero-order valence-corrected chi connectivity index (χ0v) is 23.8. The molecular weight excluding hydrogens is 489 g/mol. The molecule has 0 aromatic carbocycles. The molecule has 2 rings (SSSR count). The summed E-state index contributed by atoms with van der Waals surface area (Å²) in [4.78, 5) is 8.03. The van der Waals surface area contributed by atoms with Gasteiger partial charge in [0.25, 0.3) is 0 Å². The molecule has 2 heterocycles. The van der Waals surface area contributed by atoms with Gasteiger partial charge in [0.2, 0.25) is 0 Å². The predicted octanol–water partition coefficient (Wildman–Crippen LogP) is 5.17. The molecule has 33 heavy (non-hydrogen) atoms. The fourth-order valence-corrected chi connectivity index (χ4v) is 7.18. The monoisotopic (exact) mass is 526 g/mol. The summed E-state index contributed by atoms with van der Waals surface area (Å²) in [6.45, 7) is 11.1. The second kappa shape index (κ2) is 14.5. The van der Waals surface area contributed by atoms with E-state index in [0.717, 1.165) is 57.9 Å². The zero-order chi connectivity index (χ0) is 24.4. The first-order valence-corrected chi connectivity index (χ1v) is 15.0. The molecule has 0 aliphatic carbocycles. The van der Waals surface area contributed by atoms with E-state index in [1.54, 1.807) is 16.1 Å². The Kier molecular flexibility index (Phi) is 12.5. The van der Waals surface area contributed by atoms with Crippen molar-refractivity contribution in [3.05, 3.63) is 56.6 Å². The molecule has 0 spiro atoms. The topological polar surface area (TPSA) is 61.9 Å². The van der Waals surface area contributed by atoms with Crippen LogP contribution in [0.5, 0.6) is 0 Å². The fourth-order valence-electron chi connectivity index (χ4n) is 3.40. The first kappa shape index (κ1) is 28.4. The van der Waals surface area contributed by atoms with Gasteiger partial charge in [0.1, 0.15) is 0 Å². The van der Waals surface area contributed by atoms with Crippen molar-refractivity contribution in [1.29, 1.82) is 0 Å². The molecule has 2 N–H and O–H groups in total. The van der Waals surface area contributed by atoms with E-state index in [1.807, 2.05) is 57.9 Å². The Morgan fingerprint density at radius 2 is 2.06 bits per heavy atom. The van der Waals surface area contributed by atoms with Crippen LogP contribution in [0.1, 0.15) is 34.1 Å². The normalized spacial score (nSPS) is 21.8. The number of nitrogens with zero attached hydrogens (tertiary/aromatic N) is 3. The quantitative estimate of drug-likeness (QED) is 0.234. The van der Waals surface area contributed by atoms with E-state index in [2.05, 4.69) is 41.6 Å². The lowest BCUT2D eigenvalue weighted by molar-refractivity contribution is 0.334. The summed E-state index contributed by atoms with van der Waals surface area (Å²) < 4.78 is 15.7. The standard InChI is InChI=1S/C24H38N4OS4/c1-6-8-22(27(5)33(29)23-9-7-12-32-23)24(25)19(3)15-18(2)20(4)26-16-21(30)17-28-10-13-31-14-11-28/h6,8-9,15-16,19,30H,7,10-14,17,25H2,1-5H3/b8-6-,18-15+,21-16-,24-22-,26-20+. The number of thiol groups is 1. The second-order valence-electron chi connectivity index (χ2n) is 8.11. The highest BCUT2D eigenvalue weighted by Crippen LogP contribution is 2.31. The number of aliphatic imine (C=N–C) groups is 1. The molecule has 2 aliphatic rings. The summed E-state index contributed by atoms with van der Waals surface area (Å²) >= 11 is 8.29. The van der Waals surface area contributed by atoms with E-state index in [1.165, 1.54) is 11.5 Å². The molecule has 0 radical (unpaired) electrons. The molecule has 0 bridgehead atoms. The predicted molar refractivity (Wildman–Crippen MR) is 154 cm³/mol. The molecule has 184 valence electrons. The zero-order valence-electron chi connectivity index (χ0n) is 20.4. The van der Waals surface area contributed by atoms with Crippen molar-refractivity contribution in [2.45, 2.75) is 34.1 Å². The maximum absolute atomic E-state index is 13.0. The largest absolute Gasteiger partial charge is 0.400 e. The number of allylic oxidation sites excluding steroid dienone is 5. The van der Waals surface area contributed by atoms with Gasteiger partial charge in [0.15, 0.2) is 11.0 Å². The van der Waals surface area contributed by atoms with Gasteiger partial charge in [0.05, 0.1) is 9.93 Å². The highest BCUT2D eigenvalue weighted by Gasteiger charge is 2.21. The van der Waals surface area contributed by atoms with Crippen LogP contribution in [0.15, 0.2) is 61.6 Å². The Morgan fingerprint density at radius 3 is 2.67 bits per heavy atom. The summed E-state index contributed by atoms with van der Waals surface area (Å²) in [5.41, 5.74) is 10.0. The molecule has 1 fully saturated rings. The molecule has 0 saturated carbocycles. The highest BCUT2D eigenvalue weighted by atomic mass is 32.2. The van der Waals surface area contributed by atoms with Gasteiger partial charge >= 0.3 is 0 Å². The van der Waals surface area contributed by atoms with Crippen LogP contribution in [0.3, 0.4) is 0 Å². The molecule has 2 atom stereocenters. The van der Waals surface area contributed by atoms with Crippen molar-refractivity contribution in [3.63, 3.8) is 0 Å². The van der Waals surface area contributed by atoms with Crippen molar-refractivity contribution in [3.8, 4) is 0 Å². The third kappa shape index (κ3) is 9.02. The minimum atomic E-state index is -1.24. The maximum Gasteiger partial charge on any atom is 0.158 e. The van der Waals surface area contributed by atoms with Crippen molar-refractivity contribution >= 4 is 52.8 Å². The second-order valence-corrected chi connectivity index (χ2v) is 12.8. The lowest BCUT2D eigenvalue weighted by Crippen LogP contribution is -2.33. The number of nitrogens with two attached hydrogens (primary N) is 1. The van der Waals surface area contributed by atoms with E-state index in [0.29, 0.717) is 5.70 Å². The van der Waals surface area contributed by atoms with Gasteiger partial charge in [-0.05, 0) is 38.8 Å². The minimum Gasteiger partial charge on any atom is -0.400 e. The van der Waals surface area contributed by atoms with Crippen LogP contribution in [0.25, 0.3) is 0 Å². The van der Waals surface area contributed by atoms with Gasteiger partial charge in [-0.15, -0.1) is 24.4 Å². The summed E-state index contributed by atoms with van der Waals surface area (Å²) in [7, 11) is 0.602. The molecular formula is C24H38N4OS4. The molecule has 1 saturated heterocycles. The van der Waals surface area contributed by atoms with Crippen LogP contribution in [-0.2, 0) is 11.0 Å². The van der Waals surface area contributed by atoms with Gasteiger partial charge in [0, 0.05) is 72.4 Å². The van der Waals surface area contributed by atoms with Gasteiger partial charge < -0.3 is 5.73 Å². The summed E-state index contributed by atoms with van der Waals surface area (Å²) in [6.07, 6.45) is 10.9.